The van der Waals surface area contributed by atoms with Crippen LogP contribution in [0.2, 0.25) is 0 Å². The predicted octanol–water partition coefficient (Wildman–Crippen LogP) is -0.855. The Morgan fingerprint density at radius 3 is 0.727 bits per heavy atom. The predicted molar refractivity (Wildman–Crippen MR) is 35.6 cm³/mol. The van der Waals surface area contributed by atoms with Crippen molar-refractivity contribution >= 4 is 71.4 Å². The molecule has 0 saturated heterocycles. The minimum Gasteiger partial charge on any atom is 0 e. The molecule has 0 aliphatic heterocycles. The van der Waals surface area contributed by atoms with Gasteiger partial charge in [0.25, 0.3) is 0 Å². The summed E-state index contributed by atoms with van der Waals surface area (Å²) in [4.78, 5) is 17.1. The number of carboxylic acid groups (broad SMARTS) is 4. The zero-order valence-electron chi connectivity index (χ0n) is 4.31. The first kappa shape index (κ1) is 29.5. The SMILES string of the molecule is O=C(O)O.O=C(O)O.[NaH].[NaH].[Zn]. The van der Waals surface area contributed by atoms with Gasteiger partial charge in [0, 0.05) is 19.5 Å². The van der Waals surface area contributed by atoms with Crippen LogP contribution in [0.25, 0.3) is 0 Å². The molecule has 0 aromatic carbocycles. The molecule has 0 spiro atoms. The van der Waals surface area contributed by atoms with Crippen LogP contribution < -0.4 is 0 Å². The second-order valence-electron chi connectivity index (χ2n) is 0.565. The Hall–Kier alpha value is 1.16. The monoisotopic (exact) mass is 236 g/mol. The average Bonchev–Trinajstić information content (AvgIpc) is 1.25. The van der Waals surface area contributed by atoms with Gasteiger partial charge in [0.05, 0.1) is 0 Å². The molecule has 9 heteroatoms. The summed E-state index contributed by atoms with van der Waals surface area (Å²) in [5, 5.41) is 27.9. The van der Waals surface area contributed by atoms with Gasteiger partial charge < -0.3 is 20.4 Å². The van der Waals surface area contributed by atoms with Crippen molar-refractivity contribution in [1.82, 2.24) is 0 Å². The average molecular weight is 237 g/mol. The van der Waals surface area contributed by atoms with Crippen molar-refractivity contribution in [2.24, 2.45) is 0 Å². The Morgan fingerprint density at radius 1 is 0.727 bits per heavy atom. The van der Waals surface area contributed by atoms with E-state index in [1.54, 1.807) is 0 Å². The van der Waals surface area contributed by atoms with Crippen LogP contribution >= 0.6 is 0 Å². The van der Waals surface area contributed by atoms with E-state index in [4.69, 9.17) is 30.0 Å². The Bertz CT molecular complexity index is 76.6. The molecule has 0 fully saturated rings. The first-order valence-corrected chi connectivity index (χ1v) is 1.30. The van der Waals surface area contributed by atoms with Gasteiger partial charge in [0.1, 0.15) is 0 Å². The van der Waals surface area contributed by atoms with Crippen LogP contribution in [0.15, 0.2) is 0 Å². The topological polar surface area (TPSA) is 115 Å². The van der Waals surface area contributed by atoms with E-state index in [9.17, 15) is 0 Å². The third-order valence-corrected chi connectivity index (χ3v) is 0. The smallest absolute Gasteiger partial charge is 0 e. The fourth-order valence-corrected chi connectivity index (χ4v) is 0. The Kier molecular flexibility index (Phi) is 60.3. The van der Waals surface area contributed by atoms with Crippen LogP contribution in [0.3, 0.4) is 0 Å². The van der Waals surface area contributed by atoms with E-state index in [1.807, 2.05) is 0 Å². The quantitative estimate of drug-likeness (QED) is 0.408. The summed E-state index contributed by atoms with van der Waals surface area (Å²) in [6.45, 7) is 0. The van der Waals surface area contributed by atoms with E-state index >= 15 is 0 Å². The van der Waals surface area contributed by atoms with Crippen LogP contribution in [0.1, 0.15) is 0 Å². The number of rotatable bonds is 0. The maximum absolute atomic E-state index is 8.56. The zero-order chi connectivity index (χ0) is 7.15. The molecule has 11 heavy (non-hydrogen) atoms. The molecule has 54 valence electrons. The van der Waals surface area contributed by atoms with Crippen molar-refractivity contribution in [3.8, 4) is 0 Å². The number of hydrogen-bond donors (Lipinski definition) is 4. The molecule has 0 atom stereocenters. The maximum Gasteiger partial charge on any atom is 0 e. The second kappa shape index (κ2) is 22.5. The van der Waals surface area contributed by atoms with E-state index in [2.05, 4.69) is 0 Å². The Balaban J connectivity index is -0.0000000171. The van der Waals surface area contributed by atoms with Crippen molar-refractivity contribution in [2.75, 3.05) is 0 Å². The van der Waals surface area contributed by atoms with Crippen LogP contribution in [-0.4, -0.2) is 91.9 Å². The Morgan fingerprint density at radius 2 is 0.727 bits per heavy atom. The molecule has 0 aromatic rings. The molecule has 0 rings (SSSR count). The van der Waals surface area contributed by atoms with Gasteiger partial charge in [-0.25, -0.2) is 9.59 Å². The van der Waals surface area contributed by atoms with Crippen molar-refractivity contribution < 1.29 is 49.5 Å². The van der Waals surface area contributed by atoms with Gasteiger partial charge >= 0.3 is 71.4 Å². The van der Waals surface area contributed by atoms with Gasteiger partial charge in [-0.05, 0) is 0 Å². The number of carbonyl (C=O) groups is 2. The van der Waals surface area contributed by atoms with Gasteiger partial charge in [0.15, 0.2) is 0 Å². The normalized spacial score (nSPS) is 4.36. The van der Waals surface area contributed by atoms with Gasteiger partial charge in [-0.3, -0.25) is 0 Å². The van der Waals surface area contributed by atoms with E-state index in [1.165, 1.54) is 0 Å². The van der Waals surface area contributed by atoms with Crippen LogP contribution in [0.5, 0.6) is 0 Å². The zero-order valence-corrected chi connectivity index (χ0v) is 7.28. The first-order valence-electron chi connectivity index (χ1n) is 1.30. The molecule has 0 aliphatic carbocycles. The number of hydrogen-bond acceptors (Lipinski definition) is 2. The molecule has 6 nitrogen and oxygen atoms in total. The minimum absolute atomic E-state index is 0. The van der Waals surface area contributed by atoms with E-state index in [0.717, 1.165) is 0 Å². The van der Waals surface area contributed by atoms with Gasteiger partial charge in [0.2, 0.25) is 0 Å². The Labute approximate surface area is 119 Å². The molecule has 0 bridgehead atoms. The summed E-state index contributed by atoms with van der Waals surface area (Å²) in [6, 6.07) is 0. The maximum atomic E-state index is 8.56. The summed E-state index contributed by atoms with van der Waals surface area (Å²) >= 11 is 0. The van der Waals surface area contributed by atoms with Crippen molar-refractivity contribution in [1.29, 1.82) is 0 Å². The van der Waals surface area contributed by atoms with Crippen molar-refractivity contribution in [2.45, 2.75) is 0 Å². The summed E-state index contributed by atoms with van der Waals surface area (Å²) in [7, 11) is 0. The fraction of sp³-hybridized carbons (Fsp3) is 0. The minimum atomic E-state index is -1.83. The van der Waals surface area contributed by atoms with Crippen molar-refractivity contribution in [3.63, 3.8) is 0 Å². The standard InChI is InChI=1S/2CH2O3.2Na.Zn.2H/c2*2-1(3)4;;;;;/h2*(H2,2,3,4);;;;;. The third-order valence-electron chi connectivity index (χ3n) is 0. The molecule has 0 saturated carbocycles. The van der Waals surface area contributed by atoms with E-state index in [0.29, 0.717) is 0 Å². The third kappa shape index (κ3) is 693. The molecule has 0 unspecified atom stereocenters. The fourth-order valence-electron chi connectivity index (χ4n) is 0. The molecule has 0 aromatic heterocycles. The first-order chi connectivity index (χ1) is 3.46. The van der Waals surface area contributed by atoms with Gasteiger partial charge in [-0.1, -0.05) is 0 Å². The largest absolute Gasteiger partial charge is 0 e. The van der Waals surface area contributed by atoms with Crippen LogP contribution in [-0.2, 0) is 19.5 Å². The second-order valence-corrected chi connectivity index (χ2v) is 0.565. The molecule has 0 radical (unpaired) electrons. The van der Waals surface area contributed by atoms with E-state index < -0.39 is 12.3 Å². The summed E-state index contributed by atoms with van der Waals surface area (Å²) < 4.78 is 0. The molecular formula is C2H6Na2O6Zn. The molecule has 0 heterocycles. The van der Waals surface area contributed by atoms with Crippen LogP contribution in [0, 0.1) is 0 Å². The molecular weight excluding hydrogens is 231 g/mol. The van der Waals surface area contributed by atoms with Gasteiger partial charge in [-0.15, -0.1) is 0 Å². The molecule has 0 amide bonds. The van der Waals surface area contributed by atoms with Crippen LogP contribution in [0.4, 0.5) is 9.59 Å². The molecule has 0 aliphatic rings. The summed E-state index contributed by atoms with van der Waals surface area (Å²) in [6.07, 6.45) is -3.67. The summed E-state index contributed by atoms with van der Waals surface area (Å²) in [5.41, 5.74) is 0. The van der Waals surface area contributed by atoms with E-state index in [-0.39, 0.29) is 78.6 Å². The molecule has 4 N–H and O–H groups in total. The summed E-state index contributed by atoms with van der Waals surface area (Å²) in [5.74, 6) is 0. The van der Waals surface area contributed by atoms with Crippen molar-refractivity contribution in [3.05, 3.63) is 0 Å². The van der Waals surface area contributed by atoms with Gasteiger partial charge in [-0.2, -0.15) is 0 Å².